The van der Waals surface area contributed by atoms with E-state index in [1.807, 2.05) is 6.92 Å². The lowest BCUT2D eigenvalue weighted by Gasteiger charge is -2.14. The van der Waals surface area contributed by atoms with Gasteiger partial charge in [0.1, 0.15) is 6.04 Å². The summed E-state index contributed by atoms with van der Waals surface area (Å²) in [5.41, 5.74) is 0. The van der Waals surface area contributed by atoms with E-state index >= 15 is 0 Å². The molecule has 0 aromatic heterocycles. The average Bonchev–Trinajstić information content (AvgIpc) is 2.80. The first-order valence-corrected chi connectivity index (χ1v) is 6.35. The number of ether oxygens (including phenoxy) is 2. The molecule has 2 unspecified atom stereocenters. The van der Waals surface area contributed by atoms with Crippen molar-refractivity contribution in [2.75, 3.05) is 33.0 Å². The molecule has 1 fully saturated rings. The van der Waals surface area contributed by atoms with E-state index in [0.29, 0.717) is 25.6 Å². The molecular weight excluding hydrogens is 222 g/mol. The zero-order valence-corrected chi connectivity index (χ0v) is 10.5. The Hall–Kier alpha value is -0.650. The largest absolute Gasteiger partial charge is 0.480 e. The van der Waals surface area contributed by atoms with Crippen molar-refractivity contribution in [1.29, 1.82) is 0 Å². The zero-order chi connectivity index (χ0) is 12.5. The van der Waals surface area contributed by atoms with Gasteiger partial charge in [-0.15, -0.1) is 0 Å². The Balaban J connectivity index is 2.06. The van der Waals surface area contributed by atoms with Gasteiger partial charge in [0.05, 0.1) is 13.2 Å². The molecule has 17 heavy (non-hydrogen) atoms. The molecule has 0 amide bonds. The first-order valence-electron chi connectivity index (χ1n) is 6.35. The number of hydrogen-bond donors (Lipinski definition) is 2. The number of carboxylic acid groups (broad SMARTS) is 1. The molecule has 2 atom stereocenters. The Kier molecular flexibility index (Phi) is 7.16. The zero-order valence-electron chi connectivity index (χ0n) is 10.5. The second-order valence-corrected chi connectivity index (χ2v) is 4.44. The van der Waals surface area contributed by atoms with Gasteiger partial charge in [0.2, 0.25) is 0 Å². The van der Waals surface area contributed by atoms with Crippen molar-refractivity contribution >= 4 is 5.97 Å². The highest BCUT2D eigenvalue weighted by molar-refractivity contribution is 5.73. The maximum atomic E-state index is 10.9. The molecule has 1 aliphatic heterocycles. The Labute approximate surface area is 102 Å². The van der Waals surface area contributed by atoms with E-state index in [0.717, 1.165) is 32.6 Å². The number of nitrogens with one attached hydrogen (secondary N) is 1. The predicted molar refractivity (Wildman–Crippen MR) is 64.1 cm³/mol. The highest BCUT2D eigenvalue weighted by Gasteiger charge is 2.18. The van der Waals surface area contributed by atoms with Crippen LogP contribution in [0.3, 0.4) is 0 Å². The molecule has 1 aliphatic rings. The van der Waals surface area contributed by atoms with Crippen molar-refractivity contribution in [1.82, 2.24) is 5.32 Å². The summed E-state index contributed by atoms with van der Waals surface area (Å²) in [6, 6.07) is -0.491. The second-order valence-electron chi connectivity index (χ2n) is 4.44. The third kappa shape index (κ3) is 6.00. The molecule has 2 N–H and O–H groups in total. The maximum Gasteiger partial charge on any atom is 0.320 e. The molecular formula is C12H23NO4. The maximum absolute atomic E-state index is 10.9. The van der Waals surface area contributed by atoms with E-state index in [1.54, 1.807) is 0 Å². The van der Waals surface area contributed by atoms with Gasteiger partial charge in [-0.25, -0.2) is 0 Å². The van der Waals surface area contributed by atoms with Crippen LogP contribution in [-0.2, 0) is 14.3 Å². The lowest BCUT2D eigenvalue weighted by atomic mass is 10.1. The van der Waals surface area contributed by atoms with Gasteiger partial charge in [-0.3, -0.25) is 4.79 Å². The lowest BCUT2D eigenvalue weighted by Crippen LogP contribution is -2.38. The Morgan fingerprint density at radius 2 is 2.47 bits per heavy atom. The summed E-state index contributed by atoms with van der Waals surface area (Å²) in [6.07, 6.45) is 2.50. The summed E-state index contributed by atoms with van der Waals surface area (Å²) in [5.74, 6) is -0.312. The number of carboxylic acids is 1. The fourth-order valence-electron chi connectivity index (χ4n) is 1.80. The summed E-state index contributed by atoms with van der Waals surface area (Å²) >= 11 is 0. The van der Waals surface area contributed by atoms with E-state index in [9.17, 15) is 4.79 Å². The normalized spacial score (nSPS) is 21.6. The highest BCUT2D eigenvalue weighted by atomic mass is 16.5. The van der Waals surface area contributed by atoms with Crippen molar-refractivity contribution in [2.24, 2.45) is 5.92 Å². The standard InChI is InChI=1S/C12H23NO4/c1-2-5-13-11(12(14)15)4-7-17-9-10-3-6-16-8-10/h10-11,13H,2-9H2,1H3,(H,14,15). The minimum absolute atomic E-state index is 0.488. The predicted octanol–water partition coefficient (Wildman–Crippen LogP) is 0.882. The quantitative estimate of drug-likeness (QED) is 0.590. The molecule has 0 aromatic carbocycles. The van der Waals surface area contributed by atoms with Crippen LogP contribution >= 0.6 is 0 Å². The molecule has 100 valence electrons. The minimum atomic E-state index is -0.800. The Morgan fingerprint density at radius 1 is 1.65 bits per heavy atom. The molecule has 1 rings (SSSR count). The molecule has 1 saturated heterocycles. The minimum Gasteiger partial charge on any atom is -0.480 e. The van der Waals surface area contributed by atoms with Crippen LogP contribution in [-0.4, -0.2) is 50.1 Å². The van der Waals surface area contributed by atoms with Crippen LogP contribution in [0.5, 0.6) is 0 Å². The van der Waals surface area contributed by atoms with Gasteiger partial charge in [-0.05, 0) is 25.8 Å². The van der Waals surface area contributed by atoms with Crippen LogP contribution in [0.2, 0.25) is 0 Å². The summed E-state index contributed by atoms with van der Waals surface area (Å²) in [4.78, 5) is 10.9. The van der Waals surface area contributed by atoms with Gasteiger partial charge in [-0.1, -0.05) is 6.92 Å². The summed E-state index contributed by atoms with van der Waals surface area (Å²) in [6.45, 7) is 5.51. The van der Waals surface area contributed by atoms with Crippen LogP contribution in [0.1, 0.15) is 26.2 Å². The molecule has 5 heteroatoms. The molecule has 0 spiro atoms. The first kappa shape index (κ1) is 14.4. The van der Waals surface area contributed by atoms with Crippen molar-refractivity contribution in [2.45, 2.75) is 32.2 Å². The fraction of sp³-hybridized carbons (Fsp3) is 0.917. The lowest BCUT2D eigenvalue weighted by molar-refractivity contribution is -0.140. The van der Waals surface area contributed by atoms with E-state index < -0.39 is 12.0 Å². The third-order valence-electron chi connectivity index (χ3n) is 2.87. The van der Waals surface area contributed by atoms with Crippen LogP contribution in [0.15, 0.2) is 0 Å². The number of hydrogen-bond acceptors (Lipinski definition) is 4. The van der Waals surface area contributed by atoms with E-state index in [2.05, 4.69) is 5.32 Å². The van der Waals surface area contributed by atoms with E-state index in [-0.39, 0.29) is 0 Å². The van der Waals surface area contributed by atoms with Crippen molar-refractivity contribution in [3.63, 3.8) is 0 Å². The second kappa shape index (κ2) is 8.44. The van der Waals surface area contributed by atoms with E-state index in [1.165, 1.54) is 0 Å². The van der Waals surface area contributed by atoms with Crippen LogP contribution < -0.4 is 5.32 Å². The van der Waals surface area contributed by atoms with Gasteiger partial charge in [0.25, 0.3) is 0 Å². The van der Waals surface area contributed by atoms with Gasteiger partial charge in [-0.2, -0.15) is 0 Å². The van der Waals surface area contributed by atoms with Crippen LogP contribution in [0, 0.1) is 5.92 Å². The van der Waals surface area contributed by atoms with Crippen LogP contribution in [0.25, 0.3) is 0 Å². The molecule has 0 radical (unpaired) electrons. The van der Waals surface area contributed by atoms with Crippen LogP contribution in [0.4, 0.5) is 0 Å². The van der Waals surface area contributed by atoms with Gasteiger partial charge in [0.15, 0.2) is 0 Å². The average molecular weight is 245 g/mol. The smallest absolute Gasteiger partial charge is 0.320 e. The molecule has 0 bridgehead atoms. The van der Waals surface area contributed by atoms with Crippen molar-refractivity contribution < 1.29 is 19.4 Å². The number of aliphatic carboxylic acids is 1. The number of rotatable bonds is 9. The molecule has 0 saturated carbocycles. The first-order chi connectivity index (χ1) is 8.24. The topological polar surface area (TPSA) is 67.8 Å². The Morgan fingerprint density at radius 3 is 3.06 bits per heavy atom. The fourth-order valence-corrected chi connectivity index (χ4v) is 1.80. The summed E-state index contributed by atoms with van der Waals surface area (Å²) in [7, 11) is 0. The summed E-state index contributed by atoms with van der Waals surface area (Å²) < 4.78 is 10.7. The third-order valence-corrected chi connectivity index (χ3v) is 2.87. The van der Waals surface area contributed by atoms with Crippen molar-refractivity contribution in [3.8, 4) is 0 Å². The van der Waals surface area contributed by atoms with Gasteiger partial charge < -0.3 is 19.9 Å². The van der Waals surface area contributed by atoms with Crippen molar-refractivity contribution in [3.05, 3.63) is 0 Å². The molecule has 0 aromatic rings. The summed E-state index contributed by atoms with van der Waals surface area (Å²) in [5, 5.41) is 12.0. The van der Waals surface area contributed by atoms with Gasteiger partial charge >= 0.3 is 5.97 Å². The highest BCUT2D eigenvalue weighted by Crippen LogP contribution is 2.12. The van der Waals surface area contributed by atoms with E-state index in [4.69, 9.17) is 14.6 Å². The SMILES string of the molecule is CCCNC(CCOCC1CCOC1)C(=O)O. The monoisotopic (exact) mass is 245 g/mol. The number of carbonyl (C=O) groups is 1. The molecule has 0 aliphatic carbocycles. The Bertz CT molecular complexity index is 217. The molecule has 1 heterocycles. The van der Waals surface area contributed by atoms with Gasteiger partial charge in [0, 0.05) is 19.1 Å². The molecule has 5 nitrogen and oxygen atoms in total.